The van der Waals surface area contributed by atoms with E-state index >= 15 is 0 Å². The molecule has 0 amide bonds. The molecule has 1 N–H and O–H groups in total. The van der Waals surface area contributed by atoms with E-state index in [0.29, 0.717) is 11.3 Å². The predicted octanol–water partition coefficient (Wildman–Crippen LogP) is 8.82. The van der Waals surface area contributed by atoms with Crippen LogP contribution in [-0.2, 0) is 18.3 Å². The van der Waals surface area contributed by atoms with Gasteiger partial charge in [0.25, 0.3) is 15.7 Å². The number of halogens is 1. The van der Waals surface area contributed by atoms with E-state index in [4.69, 9.17) is 13.9 Å². The molecule has 6 nitrogen and oxygen atoms in total. The van der Waals surface area contributed by atoms with E-state index in [2.05, 4.69) is 32.4 Å². The molecule has 0 saturated carbocycles. The highest BCUT2D eigenvalue weighted by atomic mass is 31.2. The monoisotopic (exact) mass is 707 g/mol. The van der Waals surface area contributed by atoms with E-state index in [9.17, 15) is 18.9 Å². The number of para-hydroxylation sites is 1. The number of carboxylic acids is 1. The molecule has 258 valence electrons. The molecule has 0 bridgehead atoms. The first-order valence-corrected chi connectivity index (χ1v) is 20.4. The average Bonchev–Trinajstić information content (AvgIpc) is 3.09. The minimum atomic E-state index is -3.84. The second-order valence-corrected chi connectivity index (χ2v) is 20.3. The molecule has 0 radical (unpaired) electrons. The van der Waals surface area contributed by atoms with Crippen LogP contribution in [0.2, 0.25) is 5.04 Å². The normalized spacial score (nSPS) is 13.8. The molecule has 0 aliphatic heterocycles. The number of carbonyl (C=O) groups is 1. The van der Waals surface area contributed by atoms with Gasteiger partial charge in [-0.1, -0.05) is 132 Å². The summed E-state index contributed by atoms with van der Waals surface area (Å²) in [5, 5.41) is 12.4. The Labute approximate surface area is 295 Å². The number of aromatic nitrogens is 1. The van der Waals surface area contributed by atoms with Gasteiger partial charge in [-0.15, -0.1) is 0 Å². The third kappa shape index (κ3) is 7.82. The fraction of sp³-hybridized carbons (Fsp3) is 0.268. The summed E-state index contributed by atoms with van der Waals surface area (Å²) in [5.74, 6) is 1.69. The molecule has 1 aromatic heterocycles. The molecule has 0 aliphatic carbocycles. The Morgan fingerprint density at radius 2 is 1.46 bits per heavy atom. The van der Waals surface area contributed by atoms with Gasteiger partial charge in [0.05, 0.1) is 35.5 Å². The van der Waals surface area contributed by atoms with Crippen molar-refractivity contribution in [3.8, 4) is 22.7 Å². The third-order valence-corrected chi connectivity index (χ3v) is 15.9. The van der Waals surface area contributed by atoms with Crippen LogP contribution in [-0.4, -0.2) is 43.8 Å². The van der Waals surface area contributed by atoms with Gasteiger partial charge in [-0.2, -0.15) is 0 Å². The van der Waals surface area contributed by atoms with Crippen molar-refractivity contribution in [3.63, 3.8) is 0 Å². The Morgan fingerprint density at radius 1 is 0.900 bits per heavy atom. The Morgan fingerprint density at radius 3 is 1.98 bits per heavy atom. The zero-order valence-corrected chi connectivity index (χ0v) is 31.2. The van der Waals surface area contributed by atoms with Gasteiger partial charge in [0.15, 0.2) is 0 Å². The van der Waals surface area contributed by atoms with Gasteiger partial charge in [0, 0.05) is 18.1 Å². The summed E-state index contributed by atoms with van der Waals surface area (Å²) in [6.07, 6.45) is -1.62. The van der Waals surface area contributed by atoms with Crippen LogP contribution in [0.4, 0.5) is 4.39 Å². The van der Waals surface area contributed by atoms with Crippen LogP contribution in [0, 0.1) is 17.4 Å². The highest BCUT2D eigenvalue weighted by Gasteiger charge is 2.52. The number of hydrogen-bond donors (Lipinski definition) is 1. The first-order chi connectivity index (χ1) is 23.8. The molecule has 5 aromatic rings. The second-order valence-electron chi connectivity index (χ2n) is 13.7. The Kier molecular flexibility index (Phi) is 11.2. The lowest BCUT2D eigenvalue weighted by Gasteiger charge is -2.45. The van der Waals surface area contributed by atoms with Gasteiger partial charge >= 0.3 is 5.97 Å². The van der Waals surface area contributed by atoms with Crippen LogP contribution < -0.4 is 10.4 Å². The standard InChI is InChI=1S/C41H43FNO5PSi/c1-29(2)40-36(39(30-21-23-31(42)24-22-30)35-19-13-14-20-37(35)43-40)25-26-49(46,47-6)28-32(27-38(44)45)48-50(41(3,4)5,33-15-9-7-10-16-33)34-17-11-8-12-18-34/h7-24,29,32H,27-28H2,1-6H3,(H,44,45)/t32-,49?/m0/s1. The topological polar surface area (TPSA) is 85.7 Å². The number of pyridine rings is 1. The molecular formula is C41H43FNO5PSi. The lowest BCUT2D eigenvalue weighted by atomic mass is 9.91. The molecular weight excluding hydrogens is 665 g/mol. The predicted molar refractivity (Wildman–Crippen MR) is 202 cm³/mol. The highest BCUT2D eigenvalue weighted by Crippen LogP contribution is 2.48. The number of benzene rings is 4. The minimum absolute atomic E-state index is 0.0525. The molecule has 4 aromatic carbocycles. The van der Waals surface area contributed by atoms with Gasteiger partial charge in [-0.05, 0) is 50.8 Å². The van der Waals surface area contributed by atoms with E-state index in [0.717, 1.165) is 32.4 Å². The lowest BCUT2D eigenvalue weighted by molar-refractivity contribution is -0.138. The van der Waals surface area contributed by atoms with Gasteiger partial charge in [0.1, 0.15) is 5.82 Å². The van der Waals surface area contributed by atoms with Crippen molar-refractivity contribution in [1.29, 1.82) is 0 Å². The fourth-order valence-electron chi connectivity index (χ4n) is 6.55. The van der Waals surface area contributed by atoms with Crippen molar-refractivity contribution >= 4 is 42.9 Å². The molecule has 0 aliphatic rings. The SMILES string of the molecule is COP(=O)(C#Cc1c(C(C)C)nc2ccccc2c1-c1ccc(F)cc1)C[C@H](CC(=O)O)O[Si](c1ccccc1)(c1ccccc1)C(C)(C)C. The maximum atomic E-state index is 14.7. The summed E-state index contributed by atoms with van der Waals surface area (Å²) in [6, 6.07) is 33.6. The van der Waals surface area contributed by atoms with Crippen molar-refractivity contribution in [2.24, 2.45) is 0 Å². The number of nitrogens with zero attached hydrogens (tertiary/aromatic N) is 1. The average molecular weight is 708 g/mol. The van der Waals surface area contributed by atoms with E-state index in [1.807, 2.05) is 98.8 Å². The molecule has 5 rings (SSSR count). The molecule has 50 heavy (non-hydrogen) atoms. The van der Waals surface area contributed by atoms with Crippen LogP contribution in [0.15, 0.2) is 109 Å². The van der Waals surface area contributed by atoms with Crippen LogP contribution in [0.5, 0.6) is 0 Å². The number of rotatable bonds is 11. The molecule has 0 saturated heterocycles. The van der Waals surface area contributed by atoms with Crippen LogP contribution >= 0.6 is 7.37 Å². The summed E-state index contributed by atoms with van der Waals surface area (Å²) in [6.45, 7) is 10.3. The van der Waals surface area contributed by atoms with Crippen molar-refractivity contribution in [2.45, 2.75) is 58.1 Å². The molecule has 9 heteroatoms. The van der Waals surface area contributed by atoms with Crippen LogP contribution in [0.1, 0.15) is 58.2 Å². The van der Waals surface area contributed by atoms with Crippen LogP contribution in [0.3, 0.4) is 0 Å². The van der Waals surface area contributed by atoms with Gasteiger partial charge in [-0.25, -0.2) is 4.39 Å². The van der Waals surface area contributed by atoms with Crippen molar-refractivity contribution in [2.75, 3.05) is 13.3 Å². The first kappa shape index (κ1) is 36.9. The quantitative estimate of drug-likeness (QED) is 0.0839. The largest absolute Gasteiger partial charge is 0.481 e. The lowest BCUT2D eigenvalue weighted by Crippen LogP contribution is -2.68. The molecule has 2 atom stereocenters. The van der Waals surface area contributed by atoms with Crippen molar-refractivity contribution in [1.82, 2.24) is 4.98 Å². The van der Waals surface area contributed by atoms with E-state index in [1.54, 1.807) is 12.1 Å². The summed E-state index contributed by atoms with van der Waals surface area (Å²) in [4.78, 5) is 17.3. The summed E-state index contributed by atoms with van der Waals surface area (Å²) < 4.78 is 41.6. The number of carboxylic acid groups (broad SMARTS) is 1. The fourth-order valence-corrected chi connectivity index (χ4v) is 12.7. The Hall–Kier alpha value is -4.38. The summed E-state index contributed by atoms with van der Waals surface area (Å²) >= 11 is 0. The van der Waals surface area contributed by atoms with Crippen molar-refractivity contribution < 1.29 is 27.8 Å². The summed E-state index contributed by atoms with van der Waals surface area (Å²) in [5.41, 5.74) is 6.47. The highest BCUT2D eigenvalue weighted by molar-refractivity contribution is 7.64. The Balaban J connectivity index is 1.66. The maximum Gasteiger partial charge on any atom is 0.305 e. The molecule has 1 heterocycles. The second kappa shape index (κ2) is 15.2. The molecule has 0 spiro atoms. The zero-order valence-electron chi connectivity index (χ0n) is 29.3. The van der Waals surface area contributed by atoms with Gasteiger partial charge < -0.3 is 14.1 Å². The third-order valence-electron chi connectivity index (χ3n) is 8.85. The number of hydrogen-bond acceptors (Lipinski definition) is 5. The number of fused-ring (bicyclic) bond motifs is 1. The van der Waals surface area contributed by atoms with Gasteiger partial charge in [0.2, 0.25) is 0 Å². The summed E-state index contributed by atoms with van der Waals surface area (Å²) in [7, 11) is -5.73. The van der Waals surface area contributed by atoms with E-state index in [-0.39, 0.29) is 17.9 Å². The van der Waals surface area contributed by atoms with E-state index in [1.165, 1.54) is 19.2 Å². The maximum absolute atomic E-state index is 14.7. The molecule has 0 fully saturated rings. The zero-order chi connectivity index (χ0) is 36.1. The van der Waals surface area contributed by atoms with Crippen molar-refractivity contribution in [3.05, 3.63) is 126 Å². The Bertz CT molecular complexity index is 2030. The van der Waals surface area contributed by atoms with Gasteiger partial charge in [-0.3, -0.25) is 14.3 Å². The van der Waals surface area contributed by atoms with E-state index < -0.39 is 39.2 Å². The molecule has 1 unspecified atom stereocenters. The minimum Gasteiger partial charge on any atom is -0.481 e. The first-order valence-electron chi connectivity index (χ1n) is 16.7. The number of aliphatic carboxylic acids is 1. The van der Waals surface area contributed by atoms with Crippen LogP contribution in [0.25, 0.3) is 22.0 Å². The smallest absolute Gasteiger partial charge is 0.305 e.